The van der Waals surface area contributed by atoms with Gasteiger partial charge in [-0.15, -0.1) is 0 Å². The molecule has 8 heteroatoms. The summed E-state index contributed by atoms with van der Waals surface area (Å²) >= 11 is 0. The normalized spacial score (nSPS) is 13.0. The van der Waals surface area contributed by atoms with Crippen LogP contribution in [0.25, 0.3) is 0 Å². The molecule has 1 rings (SSSR count). The first kappa shape index (κ1) is 17.4. The number of carbonyl (C=O) groups excluding carboxylic acids is 3. The summed E-state index contributed by atoms with van der Waals surface area (Å²) in [5.41, 5.74) is 11.2. The van der Waals surface area contributed by atoms with Crippen LogP contribution in [0, 0.1) is 0 Å². The van der Waals surface area contributed by atoms with E-state index in [-0.39, 0.29) is 18.7 Å². The van der Waals surface area contributed by atoms with Gasteiger partial charge in [-0.1, -0.05) is 12.1 Å². The van der Waals surface area contributed by atoms with E-state index in [1.807, 2.05) is 0 Å². The van der Waals surface area contributed by atoms with E-state index < -0.39 is 29.8 Å². The standard InChI is InChI=1S/C14H20N4O4/c1-8(15)13(21)18-11(14(22)17-7-12(16)20)6-9-2-4-10(19)5-3-9/h2-5,8,11,19H,6-7,15H2,1H3,(H2,16,20)(H,17,22)(H,18,21)/t8-,11-/m0/s1. The highest BCUT2D eigenvalue weighted by Crippen LogP contribution is 2.11. The van der Waals surface area contributed by atoms with Crippen molar-refractivity contribution in [2.45, 2.75) is 25.4 Å². The third-order valence-corrected chi connectivity index (χ3v) is 2.86. The van der Waals surface area contributed by atoms with Gasteiger partial charge in [-0.25, -0.2) is 0 Å². The number of hydrogen-bond donors (Lipinski definition) is 5. The van der Waals surface area contributed by atoms with Crippen LogP contribution in [0.5, 0.6) is 5.75 Å². The second-order valence-electron chi connectivity index (χ2n) is 4.90. The van der Waals surface area contributed by atoms with E-state index >= 15 is 0 Å². The van der Waals surface area contributed by atoms with Gasteiger partial charge in [0.15, 0.2) is 0 Å². The van der Waals surface area contributed by atoms with Crippen molar-refractivity contribution in [1.82, 2.24) is 10.6 Å². The molecule has 0 spiro atoms. The number of primary amides is 1. The lowest BCUT2D eigenvalue weighted by Crippen LogP contribution is -2.52. The van der Waals surface area contributed by atoms with Gasteiger partial charge >= 0.3 is 0 Å². The summed E-state index contributed by atoms with van der Waals surface area (Å²) in [6, 6.07) is 4.53. The lowest BCUT2D eigenvalue weighted by atomic mass is 10.0. The van der Waals surface area contributed by atoms with E-state index in [4.69, 9.17) is 11.5 Å². The minimum absolute atomic E-state index is 0.0955. The van der Waals surface area contributed by atoms with Gasteiger partial charge in [-0.3, -0.25) is 14.4 Å². The average Bonchev–Trinajstić information content (AvgIpc) is 2.46. The molecule has 0 saturated heterocycles. The number of benzene rings is 1. The summed E-state index contributed by atoms with van der Waals surface area (Å²) < 4.78 is 0. The van der Waals surface area contributed by atoms with Crippen LogP contribution in [0.15, 0.2) is 24.3 Å². The Hall–Kier alpha value is -2.61. The summed E-state index contributed by atoms with van der Waals surface area (Å²) in [7, 11) is 0. The summed E-state index contributed by atoms with van der Waals surface area (Å²) in [4.78, 5) is 34.5. The number of hydrogen-bond acceptors (Lipinski definition) is 5. The Morgan fingerprint density at radius 2 is 1.77 bits per heavy atom. The molecule has 0 bridgehead atoms. The second-order valence-corrected chi connectivity index (χ2v) is 4.90. The number of carbonyl (C=O) groups is 3. The Morgan fingerprint density at radius 3 is 2.27 bits per heavy atom. The van der Waals surface area contributed by atoms with Gasteiger partial charge < -0.3 is 27.2 Å². The van der Waals surface area contributed by atoms with Crippen molar-refractivity contribution < 1.29 is 19.5 Å². The highest BCUT2D eigenvalue weighted by molar-refractivity contribution is 5.91. The molecule has 0 aliphatic heterocycles. The molecule has 0 aromatic heterocycles. The fourth-order valence-electron chi connectivity index (χ4n) is 1.68. The van der Waals surface area contributed by atoms with Gasteiger partial charge in [-0.05, 0) is 24.6 Å². The van der Waals surface area contributed by atoms with Crippen molar-refractivity contribution in [3.63, 3.8) is 0 Å². The van der Waals surface area contributed by atoms with Gasteiger partial charge in [0.05, 0.1) is 12.6 Å². The van der Waals surface area contributed by atoms with Gasteiger partial charge in [0.25, 0.3) is 0 Å². The Morgan fingerprint density at radius 1 is 1.18 bits per heavy atom. The van der Waals surface area contributed by atoms with Crippen LogP contribution in [0.3, 0.4) is 0 Å². The fourth-order valence-corrected chi connectivity index (χ4v) is 1.68. The van der Waals surface area contributed by atoms with Gasteiger partial charge in [-0.2, -0.15) is 0 Å². The monoisotopic (exact) mass is 308 g/mol. The molecule has 1 aromatic carbocycles. The first-order chi connectivity index (χ1) is 10.3. The zero-order chi connectivity index (χ0) is 16.7. The molecule has 0 saturated carbocycles. The number of nitrogens with one attached hydrogen (secondary N) is 2. The molecule has 120 valence electrons. The molecule has 22 heavy (non-hydrogen) atoms. The van der Waals surface area contributed by atoms with Crippen LogP contribution in [-0.2, 0) is 20.8 Å². The predicted octanol–water partition coefficient (Wildman–Crippen LogP) is -1.63. The fraction of sp³-hybridized carbons (Fsp3) is 0.357. The van der Waals surface area contributed by atoms with E-state index in [0.717, 1.165) is 5.56 Å². The summed E-state index contributed by atoms with van der Waals surface area (Å²) in [6.07, 6.45) is 0.184. The third kappa shape index (κ3) is 5.80. The van der Waals surface area contributed by atoms with E-state index in [9.17, 15) is 19.5 Å². The molecular weight excluding hydrogens is 288 g/mol. The number of rotatable bonds is 7. The van der Waals surface area contributed by atoms with Crippen LogP contribution < -0.4 is 22.1 Å². The van der Waals surface area contributed by atoms with E-state index in [1.165, 1.54) is 19.1 Å². The third-order valence-electron chi connectivity index (χ3n) is 2.86. The zero-order valence-electron chi connectivity index (χ0n) is 12.2. The molecule has 0 fully saturated rings. The average molecular weight is 308 g/mol. The van der Waals surface area contributed by atoms with Crippen molar-refractivity contribution in [3.8, 4) is 5.75 Å². The molecule has 0 aliphatic rings. The van der Waals surface area contributed by atoms with Crippen molar-refractivity contribution >= 4 is 17.7 Å². The van der Waals surface area contributed by atoms with Gasteiger partial charge in [0.1, 0.15) is 11.8 Å². The predicted molar refractivity (Wildman–Crippen MR) is 79.6 cm³/mol. The first-order valence-electron chi connectivity index (χ1n) is 6.69. The maximum Gasteiger partial charge on any atom is 0.243 e. The number of phenols is 1. The molecule has 0 heterocycles. The van der Waals surface area contributed by atoms with Gasteiger partial charge in [0.2, 0.25) is 17.7 Å². The van der Waals surface area contributed by atoms with Crippen LogP contribution in [0.2, 0.25) is 0 Å². The second kappa shape index (κ2) is 7.99. The van der Waals surface area contributed by atoms with Crippen molar-refractivity contribution in [3.05, 3.63) is 29.8 Å². The number of phenolic OH excluding ortho intramolecular Hbond substituents is 1. The summed E-state index contributed by atoms with van der Waals surface area (Å²) in [5.74, 6) is -1.62. The maximum absolute atomic E-state index is 12.1. The highest BCUT2D eigenvalue weighted by atomic mass is 16.3. The lowest BCUT2D eigenvalue weighted by Gasteiger charge is -2.19. The highest BCUT2D eigenvalue weighted by Gasteiger charge is 2.22. The Bertz CT molecular complexity index is 542. The molecule has 1 aromatic rings. The Balaban J connectivity index is 2.80. The largest absolute Gasteiger partial charge is 0.508 e. The van der Waals surface area contributed by atoms with Crippen LogP contribution in [0.1, 0.15) is 12.5 Å². The SMILES string of the molecule is C[C@H](N)C(=O)N[C@@H](Cc1ccc(O)cc1)C(=O)NCC(N)=O. The Labute approximate surface area is 127 Å². The number of aromatic hydroxyl groups is 1. The molecule has 8 nitrogen and oxygen atoms in total. The van der Waals surface area contributed by atoms with E-state index in [1.54, 1.807) is 12.1 Å². The molecule has 2 atom stereocenters. The Kier molecular flexibility index (Phi) is 6.33. The summed E-state index contributed by atoms with van der Waals surface area (Å²) in [5, 5.41) is 14.1. The van der Waals surface area contributed by atoms with Crippen LogP contribution >= 0.6 is 0 Å². The zero-order valence-corrected chi connectivity index (χ0v) is 12.2. The van der Waals surface area contributed by atoms with Crippen molar-refractivity contribution in [2.75, 3.05) is 6.54 Å². The minimum Gasteiger partial charge on any atom is -0.508 e. The lowest BCUT2D eigenvalue weighted by molar-refractivity contribution is -0.130. The van der Waals surface area contributed by atoms with E-state index in [2.05, 4.69) is 10.6 Å². The van der Waals surface area contributed by atoms with Crippen LogP contribution in [-0.4, -0.2) is 41.5 Å². The molecular formula is C14H20N4O4. The van der Waals surface area contributed by atoms with Crippen LogP contribution in [0.4, 0.5) is 0 Å². The number of nitrogens with two attached hydrogens (primary N) is 2. The van der Waals surface area contributed by atoms with Crippen molar-refractivity contribution in [2.24, 2.45) is 11.5 Å². The van der Waals surface area contributed by atoms with Gasteiger partial charge in [0, 0.05) is 6.42 Å². The minimum atomic E-state index is -0.901. The van der Waals surface area contributed by atoms with Crippen molar-refractivity contribution in [1.29, 1.82) is 0 Å². The number of amides is 3. The quantitative estimate of drug-likeness (QED) is 0.410. The smallest absolute Gasteiger partial charge is 0.243 e. The first-order valence-corrected chi connectivity index (χ1v) is 6.69. The maximum atomic E-state index is 12.1. The molecule has 0 radical (unpaired) electrons. The summed E-state index contributed by atoms with van der Waals surface area (Å²) in [6.45, 7) is 1.17. The topological polar surface area (TPSA) is 148 Å². The molecule has 0 unspecified atom stereocenters. The molecule has 7 N–H and O–H groups in total. The molecule has 3 amide bonds. The molecule has 0 aliphatic carbocycles. The van der Waals surface area contributed by atoms with E-state index in [0.29, 0.717) is 0 Å².